The van der Waals surface area contributed by atoms with Gasteiger partial charge in [-0.15, -0.1) is 0 Å². The minimum Gasteiger partial charge on any atom is -0.353 e. The number of hydrogen-bond donors (Lipinski definition) is 1. The fraction of sp³-hybridized carbons (Fsp3) is 0.250. The molecule has 0 aliphatic carbocycles. The van der Waals surface area contributed by atoms with Gasteiger partial charge in [-0.25, -0.2) is 15.0 Å². The number of anilines is 1. The topological polar surface area (TPSA) is 81.5 Å². The molecule has 0 radical (unpaired) electrons. The van der Waals surface area contributed by atoms with Gasteiger partial charge < -0.3 is 9.88 Å². The van der Waals surface area contributed by atoms with Crippen molar-refractivity contribution < 1.29 is 0 Å². The number of hydrogen-bond acceptors (Lipinski definition) is 5. The van der Waals surface area contributed by atoms with Crippen LogP contribution in [-0.2, 0) is 0 Å². The summed E-state index contributed by atoms with van der Waals surface area (Å²) in [5.74, 6) is 1.95. The number of benzene rings is 1. The lowest BCUT2D eigenvalue weighted by Gasteiger charge is -2.17. The quantitative estimate of drug-likeness (QED) is 0.783. The summed E-state index contributed by atoms with van der Waals surface area (Å²) in [6.07, 6.45) is 4.21. The fourth-order valence-electron chi connectivity index (χ4n) is 2.99. The first kappa shape index (κ1) is 14.0. The van der Waals surface area contributed by atoms with Crippen LogP contribution in [0.15, 0.2) is 30.6 Å². The van der Waals surface area contributed by atoms with Gasteiger partial charge >= 0.3 is 0 Å². The Hall–Kier alpha value is -2.65. The molecule has 6 nitrogen and oxygen atoms in total. The average molecular weight is 325 g/mol. The summed E-state index contributed by atoms with van der Waals surface area (Å²) in [4.78, 5) is 18.5. The van der Waals surface area contributed by atoms with Gasteiger partial charge in [-0.05, 0) is 24.6 Å². The Labute approximate surface area is 137 Å². The first-order chi connectivity index (χ1) is 11.2. The van der Waals surface area contributed by atoms with Crippen LogP contribution in [-0.4, -0.2) is 33.0 Å². The van der Waals surface area contributed by atoms with Crippen molar-refractivity contribution in [3.05, 3.63) is 47.1 Å². The molecule has 1 saturated heterocycles. The Morgan fingerprint density at radius 3 is 3.00 bits per heavy atom. The first-order valence-electron chi connectivity index (χ1n) is 7.36. The maximum absolute atomic E-state index is 8.99. The van der Waals surface area contributed by atoms with E-state index in [4.69, 9.17) is 16.9 Å². The zero-order chi connectivity index (χ0) is 15.8. The van der Waals surface area contributed by atoms with Gasteiger partial charge in [0.1, 0.15) is 5.82 Å². The number of rotatable bonds is 2. The zero-order valence-electron chi connectivity index (χ0n) is 12.2. The summed E-state index contributed by atoms with van der Waals surface area (Å²) >= 11 is 6.13. The van der Waals surface area contributed by atoms with Crippen molar-refractivity contribution in [1.29, 1.82) is 5.26 Å². The van der Waals surface area contributed by atoms with E-state index in [9.17, 15) is 0 Å². The van der Waals surface area contributed by atoms with Crippen LogP contribution < -0.4 is 4.90 Å². The predicted octanol–water partition coefficient (Wildman–Crippen LogP) is 2.87. The largest absolute Gasteiger partial charge is 0.353 e. The molecule has 3 heterocycles. The molecule has 3 aromatic rings. The van der Waals surface area contributed by atoms with E-state index in [1.54, 1.807) is 18.5 Å². The molecule has 1 aliphatic heterocycles. The van der Waals surface area contributed by atoms with E-state index in [0.29, 0.717) is 10.7 Å². The van der Waals surface area contributed by atoms with E-state index in [1.807, 2.05) is 12.1 Å². The molecule has 2 aromatic heterocycles. The number of H-pyrrole nitrogens is 1. The normalized spacial score (nSPS) is 17.6. The summed E-state index contributed by atoms with van der Waals surface area (Å²) in [6, 6.07) is 7.64. The number of aromatic nitrogens is 4. The fourth-order valence-corrected chi connectivity index (χ4v) is 3.22. The monoisotopic (exact) mass is 324 g/mol. The minimum absolute atomic E-state index is 0.283. The summed E-state index contributed by atoms with van der Waals surface area (Å²) in [5, 5.41) is 9.41. The van der Waals surface area contributed by atoms with E-state index < -0.39 is 0 Å². The lowest BCUT2D eigenvalue weighted by molar-refractivity contribution is 0.725. The SMILES string of the molecule is N#Cc1ccc2nc([C@H]3CCN(c4nccnc4Cl)C3)[nH]c2c1. The molecule has 1 aliphatic rings. The second-order valence-electron chi connectivity index (χ2n) is 5.57. The molecular weight excluding hydrogens is 312 g/mol. The van der Waals surface area contributed by atoms with Crippen LogP contribution in [0.4, 0.5) is 5.82 Å². The molecule has 7 heteroatoms. The minimum atomic E-state index is 0.283. The Morgan fingerprint density at radius 2 is 2.17 bits per heavy atom. The average Bonchev–Trinajstić information content (AvgIpc) is 3.21. The summed E-state index contributed by atoms with van der Waals surface area (Å²) in [6.45, 7) is 1.66. The highest BCUT2D eigenvalue weighted by Gasteiger charge is 2.28. The molecule has 0 saturated carbocycles. The number of aromatic amines is 1. The molecule has 0 amide bonds. The molecule has 0 unspecified atom stereocenters. The third-order valence-corrected chi connectivity index (χ3v) is 4.41. The molecule has 23 heavy (non-hydrogen) atoms. The second kappa shape index (κ2) is 5.52. The van der Waals surface area contributed by atoms with Gasteiger partial charge in [-0.3, -0.25) is 0 Å². The smallest absolute Gasteiger partial charge is 0.171 e. The van der Waals surface area contributed by atoms with Gasteiger partial charge in [0.15, 0.2) is 11.0 Å². The summed E-state index contributed by atoms with van der Waals surface area (Å²) < 4.78 is 0. The van der Waals surface area contributed by atoms with Gasteiger partial charge in [-0.1, -0.05) is 11.6 Å². The third-order valence-electron chi connectivity index (χ3n) is 4.14. The van der Waals surface area contributed by atoms with E-state index in [0.717, 1.165) is 42.2 Å². The van der Waals surface area contributed by atoms with Crippen molar-refractivity contribution in [2.24, 2.45) is 0 Å². The van der Waals surface area contributed by atoms with Crippen molar-refractivity contribution >= 4 is 28.5 Å². The van der Waals surface area contributed by atoms with Gasteiger partial charge in [-0.2, -0.15) is 5.26 Å². The van der Waals surface area contributed by atoms with Crippen LogP contribution in [0.1, 0.15) is 23.7 Å². The van der Waals surface area contributed by atoms with Gasteiger partial charge in [0.05, 0.1) is 22.7 Å². The maximum atomic E-state index is 8.99. The van der Waals surface area contributed by atoms with E-state index >= 15 is 0 Å². The van der Waals surface area contributed by atoms with Crippen molar-refractivity contribution in [3.8, 4) is 6.07 Å². The van der Waals surface area contributed by atoms with Crippen molar-refractivity contribution in [2.45, 2.75) is 12.3 Å². The number of nitriles is 1. The summed E-state index contributed by atoms with van der Waals surface area (Å²) in [5.41, 5.74) is 2.41. The van der Waals surface area contributed by atoms with Gasteiger partial charge in [0.2, 0.25) is 0 Å². The van der Waals surface area contributed by atoms with E-state index in [2.05, 4.69) is 30.9 Å². The van der Waals surface area contributed by atoms with Crippen LogP contribution in [0.25, 0.3) is 11.0 Å². The molecule has 0 spiro atoms. The Kier molecular flexibility index (Phi) is 3.36. The Morgan fingerprint density at radius 1 is 1.30 bits per heavy atom. The van der Waals surface area contributed by atoms with Gasteiger partial charge in [0, 0.05) is 31.4 Å². The lowest BCUT2D eigenvalue weighted by atomic mass is 10.1. The highest BCUT2D eigenvalue weighted by Crippen LogP contribution is 2.31. The third kappa shape index (κ3) is 2.49. The van der Waals surface area contributed by atoms with E-state index in [1.165, 1.54) is 0 Å². The highest BCUT2D eigenvalue weighted by atomic mass is 35.5. The standard InChI is InChI=1S/C16H13ClN6/c17-14-16(20-5-4-19-14)23-6-3-11(9-23)15-21-12-2-1-10(8-18)7-13(12)22-15/h1-2,4-5,7,11H,3,6,9H2,(H,21,22)/t11-/m0/s1. The molecule has 0 bridgehead atoms. The lowest BCUT2D eigenvalue weighted by Crippen LogP contribution is -2.21. The zero-order valence-corrected chi connectivity index (χ0v) is 13.0. The van der Waals surface area contributed by atoms with Crippen LogP contribution in [0.5, 0.6) is 0 Å². The molecule has 1 aromatic carbocycles. The number of halogens is 1. The van der Waals surface area contributed by atoms with Crippen LogP contribution >= 0.6 is 11.6 Å². The number of imidazole rings is 1. The van der Waals surface area contributed by atoms with E-state index in [-0.39, 0.29) is 5.92 Å². The molecule has 114 valence electrons. The Bertz CT molecular complexity index is 912. The molecular formula is C16H13ClN6. The second-order valence-corrected chi connectivity index (χ2v) is 5.93. The summed E-state index contributed by atoms with van der Waals surface area (Å²) in [7, 11) is 0. The first-order valence-corrected chi connectivity index (χ1v) is 7.73. The van der Waals surface area contributed by atoms with Crippen molar-refractivity contribution in [1.82, 2.24) is 19.9 Å². The Balaban J connectivity index is 1.60. The van der Waals surface area contributed by atoms with Crippen LogP contribution in [0.2, 0.25) is 5.15 Å². The van der Waals surface area contributed by atoms with Crippen molar-refractivity contribution in [2.75, 3.05) is 18.0 Å². The molecule has 4 rings (SSSR count). The predicted molar refractivity (Wildman–Crippen MR) is 87.4 cm³/mol. The molecule has 1 fully saturated rings. The van der Waals surface area contributed by atoms with Crippen LogP contribution in [0, 0.1) is 11.3 Å². The van der Waals surface area contributed by atoms with Crippen LogP contribution in [0.3, 0.4) is 0 Å². The number of nitrogens with one attached hydrogen (secondary N) is 1. The molecule has 1 atom stereocenters. The maximum Gasteiger partial charge on any atom is 0.171 e. The highest BCUT2D eigenvalue weighted by molar-refractivity contribution is 6.31. The van der Waals surface area contributed by atoms with Crippen molar-refractivity contribution in [3.63, 3.8) is 0 Å². The number of nitrogens with zero attached hydrogens (tertiary/aromatic N) is 5. The molecule has 1 N–H and O–H groups in total. The van der Waals surface area contributed by atoms with Gasteiger partial charge in [0.25, 0.3) is 0 Å². The number of fused-ring (bicyclic) bond motifs is 1.